The van der Waals surface area contributed by atoms with Gasteiger partial charge < -0.3 is 10.6 Å². The van der Waals surface area contributed by atoms with E-state index in [1.165, 1.54) is 43.8 Å². The predicted octanol–water partition coefficient (Wildman–Crippen LogP) is 2.35. The molecule has 1 saturated heterocycles. The van der Waals surface area contributed by atoms with E-state index in [4.69, 9.17) is 5.73 Å². The molecule has 1 fully saturated rings. The van der Waals surface area contributed by atoms with Gasteiger partial charge in [-0.3, -0.25) is 0 Å². The van der Waals surface area contributed by atoms with Crippen molar-refractivity contribution in [1.82, 2.24) is 4.90 Å². The average molecular weight is 238 g/mol. The summed E-state index contributed by atoms with van der Waals surface area (Å²) in [5.74, 6) is 0.706. The zero-order valence-electron chi connectivity index (χ0n) is 10.1. The molecule has 0 bridgehead atoms. The Hall–Kier alpha value is -0.380. The molecule has 1 aromatic heterocycles. The van der Waals surface area contributed by atoms with E-state index in [2.05, 4.69) is 29.3 Å². The first kappa shape index (κ1) is 12.1. The maximum absolute atomic E-state index is 6.00. The van der Waals surface area contributed by atoms with Crippen LogP contribution in [-0.4, -0.2) is 30.6 Å². The van der Waals surface area contributed by atoms with Gasteiger partial charge in [0.1, 0.15) is 0 Å². The normalized spacial score (nSPS) is 24.5. The number of thiophene rings is 1. The molecule has 3 heteroatoms. The summed E-state index contributed by atoms with van der Waals surface area (Å²) >= 11 is 1.87. The Bertz CT molecular complexity index is 295. The SMILES string of the molecule is CC(N)C1CCCN(CCc2cccs2)C1. The molecule has 0 spiro atoms. The lowest BCUT2D eigenvalue weighted by Gasteiger charge is -2.34. The first-order valence-corrected chi connectivity index (χ1v) is 7.14. The van der Waals surface area contributed by atoms with Crippen LogP contribution in [0.3, 0.4) is 0 Å². The quantitative estimate of drug-likeness (QED) is 0.872. The van der Waals surface area contributed by atoms with Gasteiger partial charge in [0.25, 0.3) is 0 Å². The van der Waals surface area contributed by atoms with Crippen LogP contribution in [0.2, 0.25) is 0 Å². The van der Waals surface area contributed by atoms with E-state index in [0.29, 0.717) is 12.0 Å². The molecule has 0 saturated carbocycles. The van der Waals surface area contributed by atoms with E-state index in [1.807, 2.05) is 11.3 Å². The Morgan fingerprint density at radius 2 is 2.50 bits per heavy atom. The fourth-order valence-corrected chi connectivity index (χ4v) is 3.14. The van der Waals surface area contributed by atoms with Crippen molar-refractivity contribution in [3.63, 3.8) is 0 Å². The van der Waals surface area contributed by atoms with Gasteiger partial charge in [-0.1, -0.05) is 6.07 Å². The van der Waals surface area contributed by atoms with Gasteiger partial charge in [0.05, 0.1) is 0 Å². The fourth-order valence-electron chi connectivity index (χ4n) is 2.45. The Morgan fingerprint density at radius 3 is 3.19 bits per heavy atom. The highest BCUT2D eigenvalue weighted by molar-refractivity contribution is 7.09. The van der Waals surface area contributed by atoms with E-state index in [1.54, 1.807) is 0 Å². The highest BCUT2D eigenvalue weighted by atomic mass is 32.1. The summed E-state index contributed by atoms with van der Waals surface area (Å²) in [6.45, 7) is 5.80. The summed E-state index contributed by atoms with van der Waals surface area (Å²) in [4.78, 5) is 4.08. The van der Waals surface area contributed by atoms with Crippen molar-refractivity contribution < 1.29 is 0 Å². The smallest absolute Gasteiger partial charge is 0.00579 e. The van der Waals surface area contributed by atoms with Crippen molar-refractivity contribution in [3.8, 4) is 0 Å². The average Bonchev–Trinajstić information content (AvgIpc) is 2.79. The number of rotatable bonds is 4. The first-order chi connectivity index (χ1) is 7.75. The van der Waals surface area contributed by atoms with Crippen LogP contribution < -0.4 is 5.73 Å². The zero-order valence-corrected chi connectivity index (χ0v) is 10.9. The van der Waals surface area contributed by atoms with Crippen LogP contribution in [-0.2, 0) is 6.42 Å². The van der Waals surface area contributed by atoms with Crippen LogP contribution in [0.4, 0.5) is 0 Å². The molecule has 2 rings (SSSR count). The number of hydrogen-bond donors (Lipinski definition) is 1. The molecule has 16 heavy (non-hydrogen) atoms. The monoisotopic (exact) mass is 238 g/mol. The Balaban J connectivity index is 1.77. The van der Waals surface area contributed by atoms with Crippen LogP contribution in [0.15, 0.2) is 17.5 Å². The van der Waals surface area contributed by atoms with E-state index >= 15 is 0 Å². The maximum atomic E-state index is 6.00. The van der Waals surface area contributed by atoms with Gasteiger partial charge in [0.15, 0.2) is 0 Å². The van der Waals surface area contributed by atoms with Crippen molar-refractivity contribution in [3.05, 3.63) is 22.4 Å². The molecular formula is C13H22N2S. The molecule has 2 N–H and O–H groups in total. The van der Waals surface area contributed by atoms with Crippen molar-refractivity contribution in [1.29, 1.82) is 0 Å². The van der Waals surface area contributed by atoms with E-state index in [9.17, 15) is 0 Å². The molecular weight excluding hydrogens is 216 g/mol. The lowest BCUT2D eigenvalue weighted by Crippen LogP contribution is -2.42. The number of nitrogens with zero attached hydrogens (tertiary/aromatic N) is 1. The lowest BCUT2D eigenvalue weighted by molar-refractivity contribution is 0.163. The molecule has 0 aromatic carbocycles. The molecule has 2 unspecified atom stereocenters. The molecule has 1 aliphatic rings. The largest absolute Gasteiger partial charge is 0.328 e. The van der Waals surface area contributed by atoms with E-state index < -0.39 is 0 Å². The van der Waals surface area contributed by atoms with Crippen molar-refractivity contribution in [2.75, 3.05) is 19.6 Å². The number of piperidine rings is 1. The molecule has 0 amide bonds. The molecule has 1 aliphatic heterocycles. The molecule has 2 nitrogen and oxygen atoms in total. The summed E-state index contributed by atoms with van der Waals surface area (Å²) in [5.41, 5.74) is 6.00. The molecule has 0 aliphatic carbocycles. The molecule has 1 aromatic rings. The number of nitrogens with two attached hydrogens (primary N) is 1. The molecule has 90 valence electrons. The van der Waals surface area contributed by atoms with Crippen molar-refractivity contribution in [2.45, 2.75) is 32.2 Å². The van der Waals surface area contributed by atoms with Gasteiger partial charge in [-0.2, -0.15) is 0 Å². The fraction of sp³-hybridized carbons (Fsp3) is 0.692. The van der Waals surface area contributed by atoms with Crippen LogP contribution >= 0.6 is 11.3 Å². The second kappa shape index (κ2) is 5.80. The summed E-state index contributed by atoms with van der Waals surface area (Å²) in [5, 5.41) is 2.16. The number of likely N-dealkylation sites (tertiary alicyclic amines) is 1. The maximum Gasteiger partial charge on any atom is 0.00579 e. The third-order valence-corrected chi connectivity index (χ3v) is 4.48. The van der Waals surface area contributed by atoms with Crippen LogP contribution in [0.25, 0.3) is 0 Å². The number of hydrogen-bond acceptors (Lipinski definition) is 3. The minimum atomic E-state index is 0.351. The van der Waals surface area contributed by atoms with E-state index in [0.717, 1.165) is 0 Å². The first-order valence-electron chi connectivity index (χ1n) is 6.26. The van der Waals surface area contributed by atoms with Crippen LogP contribution in [0.1, 0.15) is 24.6 Å². The third kappa shape index (κ3) is 3.30. The Kier molecular flexibility index (Phi) is 4.38. The minimum absolute atomic E-state index is 0.351. The Morgan fingerprint density at radius 1 is 1.62 bits per heavy atom. The molecule has 2 atom stereocenters. The summed E-state index contributed by atoms with van der Waals surface area (Å²) < 4.78 is 0. The summed E-state index contributed by atoms with van der Waals surface area (Å²) in [7, 11) is 0. The standard InChI is InChI=1S/C13H22N2S/c1-11(14)12-4-2-7-15(10-12)8-6-13-5-3-9-16-13/h3,5,9,11-12H,2,4,6-8,10,14H2,1H3. The van der Waals surface area contributed by atoms with Crippen LogP contribution in [0.5, 0.6) is 0 Å². The Labute approximate surface area is 102 Å². The molecule has 2 heterocycles. The zero-order chi connectivity index (χ0) is 11.4. The van der Waals surface area contributed by atoms with Gasteiger partial charge in [-0.05, 0) is 50.1 Å². The second-order valence-electron chi connectivity index (χ2n) is 4.89. The van der Waals surface area contributed by atoms with Gasteiger partial charge in [0, 0.05) is 24.0 Å². The van der Waals surface area contributed by atoms with Gasteiger partial charge in [-0.25, -0.2) is 0 Å². The predicted molar refractivity (Wildman–Crippen MR) is 70.8 cm³/mol. The third-order valence-electron chi connectivity index (χ3n) is 3.54. The highest BCUT2D eigenvalue weighted by Gasteiger charge is 2.22. The second-order valence-corrected chi connectivity index (χ2v) is 5.92. The minimum Gasteiger partial charge on any atom is -0.328 e. The highest BCUT2D eigenvalue weighted by Crippen LogP contribution is 2.19. The van der Waals surface area contributed by atoms with E-state index in [-0.39, 0.29) is 0 Å². The van der Waals surface area contributed by atoms with Gasteiger partial charge in [0.2, 0.25) is 0 Å². The van der Waals surface area contributed by atoms with Crippen LogP contribution in [0, 0.1) is 5.92 Å². The lowest BCUT2D eigenvalue weighted by atomic mass is 9.92. The van der Waals surface area contributed by atoms with Gasteiger partial charge in [-0.15, -0.1) is 11.3 Å². The van der Waals surface area contributed by atoms with Gasteiger partial charge >= 0.3 is 0 Å². The van der Waals surface area contributed by atoms with Crippen molar-refractivity contribution >= 4 is 11.3 Å². The molecule has 0 radical (unpaired) electrons. The van der Waals surface area contributed by atoms with Crippen molar-refractivity contribution in [2.24, 2.45) is 11.7 Å². The topological polar surface area (TPSA) is 29.3 Å². The summed E-state index contributed by atoms with van der Waals surface area (Å²) in [6, 6.07) is 4.73. The summed E-state index contributed by atoms with van der Waals surface area (Å²) in [6.07, 6.45) is 3.83.